The number of para-hydroxylation sites is 1. The summed E-state index contributed by atoms with van der Waals surface area (Å²) >= 11 is 6.19. The molecule has 1 aliphatic rings. The van der Waals surface area contributed by atoms with E-state index in [1.165, 1.54) is 6.92 Å². The maximum Gasteiger partial charge on any atom is 0.266 e. The Morgan fingerprint density at radius 2 is 2.20 bits per heavy atom. The number of carbonyl (C=O) groups excluding carboxylic acids is 2. The summed E-state index contributed by atoms with van der Waals surface area (Å²) in [4.78, 5) is 25.0. The van der Waals surface area contributed by atoms with Crippen LogP contribution >= 0.6 is 24.0 Å². The quantitative estimate of drug-likeness (QED) is 0.527. The minimum atomic E-state index is -1.36. The molecule has 0 saturated carbocycles. The van der Waals surface area contributed by atoms with Gasteiger partial charge in [0.05, 0.1) is 30.6 Å². The molecule has 0 spiro atoms. The van der Waals surface area contributed by atoms with Gasteiger partial charge in [0.1, 0.15) is 4.32 Å². The number of aliphatic carboxylic acids is 1. The van der Waals surface area contributed by atoms with Gasteiger partial charge in [0.15, 0.2) is 11.5 Å². The number of methoxy groups -OCH3 is 1. The number of rotatable bonds is 7. The molecule has 0 N–H and O–H groups in total. The zero-order valence-electron chi connectivity index (χ0n) is 14.1. The molecule has 134 valence electrons. The highest BCUT2D eigenvalue weighted by Crippen LogP contribution is 2.38. The van der Waals surface area contributed by atoms with Crippen LogP contribution in [-0.4, -0.2) is 40.9 Å². The minimum absolute atomic E-state index is 0.187. The summed E-state index contributed by atoms with van der Waals surface area (Å²) in [7, 11) is 1.54. The van der Waals surface area contributed by atoms with Crippen LogP contribution in [0.2, 0.25) is 0 Å². The first-order valence-electron chi connectivity index (χ1n) is 7.68. The van der Waals surface area contributed by atoms with Crippen LogP contribution < -0.4 is 14.6 Å². The number of carbonyl (C=O) groups is 2. The van der Waals surface area contributed by atoms with Crippen molar-refractivity contribution in [2.24, 2.45) is 0 Å². The number of thioether (sulfide) groups is 1. The molecule has 1 atom stereocenters. The van der Waals surface area contributed by atoms with Gasteiger partial charge in [-0.15, -0.1) is 0 Å². The van der Waals surface area contributed by atoms with E-state index in [2.05, 4.69) is 0 Å². The predicted molar refractivity (Wildman–Crippen MR) is 98.3 cm³/mol. The Bertz CT molecular complexity index is 732. The second kappa shape index (κ2) is 8.35. The molecule has 1 aliphatic heterocycles. The standard InChI is InChI=1S/C17H19NO5S2/c1-4-8-23-14-11(6-5-7-12(14)22-3)9-13-15(19)18(17(24)25-13)10(2)16(20)21/h5-7,9-10H,4,8H2,1-3H3,(H,20,21)/p-1/b13-9-/t10-/m0/s1. The third kappa shape index (κ3) is 4.13. The molecule has 1 aromatic carbocycles. The third-order valence-electron chi connectivity index (χ3n) is 3.52. The first kappa shape index (κ1) is 19.3. The number of hydrogen-bond donors (Lipinski definition) is 0. The molecule has 0 unspecified atom stereocenters. The number of thiocarbonyl (C=S) groups is 1. The van der Waals surface area contributed by atoms with E-state index in [-0.39, 0.29) is 4.32 Å². The third-order valence-corrected chi connectivity index (χ3v) is 4.85. The Morgan fingerprint density at radius 1 is 1.48 bits per heavy atom. The van der Waals surface area contributed by atoms with Crippen LogP contribution in [-0.2, 0) is 9.59 Å². The maximum atomic E-state index is 12.5. The van der Waals surface area contributed by atoms with E-state index in [0.29, 0.717) is 28.6 Å². The average molecular weight is 380 g/mol. The molecule has 0 aliphatic carbocycles. The zero-order valence-corrected chi connectivity index (χ0v) is 15.7. The lowest BCUT2D eigenvalue weighted by atomic mass is 10.1. The van der Waals surface area contributed by atoms with E-state index in [4.69, 9.17) is 21.7 Å². The lowest BCUT2D eigenvalue weighted by molar-refractivity contribution is -0.309. The highest BCUT2D eigenvalue weighted by Gasteiger charge is 2.36. The van der Waals surface area contributed by atoms with Crippen LogP contribution in [0, 0.1) is 0 Å². The van der Waals surface area contributed by atoms with Crippen molar-refractivity contribution in [3.63, 3.8) is 0 Å². The predicted octanol–water partition coefficient (Wildman–Crippen LogP) is 1.82. The van der Waals surface area contributed by atoms with E-state index in [1.807, 2.05) is 6.92 Å². The van der Waals surface area contributed by atoms with Gasteiger partial charge in [-0.05, 0) is 25.5 Å². The van der Waals surface area contributed by atoms with Crippen molar-refractivity contribution in [2.45, 2.75) is 26.3 Å². The van der Waals surface area contributed by atoms with Gasteiger partial charge in [-0.25, -0.2) is 0 Å². The summed E-state index contributed by atoms with van der Waals surface area (Å²) in [5.41, 5.74) is 0.661. The Labute approximate surface area is 155 Å². The molecule has 0 aromatic heterocycles. The summed E-state index contributed by atoms with van der Waals surface area (Å²) in [6, 6.07) is 4.22. The van der Waals surface area contributed by atoms with Crippen LogP contribution in [0.5, 0.6) is 11.5 Å². The molecule has 8 heteroatoms. The number of nitrogens with zero attached hydrogens (tertiary/aromatic N) is 1. The van der Waals surface area contributed by atoms with Gasteiger partial charge < -0.3 is 19.4 Å². The Kier molecular flexibility index (Phi) is 6.44. The number of carboxylic acids is 1. The molecule has 1 fully saturated rings. The number of carboxylic acid groups (broad SMARTS) is 1. The first-order valence-corrected chi connectivity index (χ1v) is 8.90. The van der Waals surface area contributed by atoms with Crippen molar-refractivity contribution in [3.8, 4) is 11.5 Å². The highest BCUT2D eigenvalue weighted by atomic mass is 32.2. The smallest absolute Gasteiger partial charge is 0.266 e. The summed E-state index contributed by atoms with van der Waals surface area (Å²) in [5.74, 6) is -0.729. The largest absolute Gasteiger partial charge is 0.548 e. The summed E-state index contributed by atoms with van der Waals surface area (Å²) in [6.45, 7) is 3.86. The highest BCUT2D eigenvalue weighted by molar-refractivity contribution is 8.26. The van der Waals surface area contributed by atoms with Gasteiger partial charge in [0.2, 0.25) is 0 Å². The summed E-state index contributed by atoms with van der Waals surface area (Å²) in [5, 5.41) is 11.1. The van der Waals surface area contributed by atoms with Crippen LogP contribution in [0.15, 0.2) is 23.1 Å². The number of ether oxygens (including phenoxy) is 2. The van der Waals surface area contributed by atoms with Crippen molar-refractivity contribution >= 4 is 46.3 Å². The van der Waals surface area contributed by atoms with E-state index >= 15 is 0 Å². The number of amides is 1. The van der Waals surface area contributed by atoms with E-state index < -0.39 is 17.9 Å². The molecule has 0 bridgehead atoms. The molecule has 1 amide bonds. The minimum Gasteiger partial charge on any atom is -0.548 e. The lowest BCUT2D eigenvalue weighted by Crippen LogP contribution is -2.48. The van der Waals surface area contributed by atoms with Crippen molar-refractivity contribution in [2.75, 3.05) is 13.7 Å². The van der Waals surface area contributed by atoms with Crippen LogP contribution in [0.3, 0.4) is 0 Å². The molecule has 2 rings (SSSR count). The Hall–Kier alpha value is -2.06. The SMILES string of the molecule is CCCOc1c(/C=C2\SC(=S)N([C@@H](C)C(=O)[O-])C2=O)cccc1OC. The van der Waals surface area contributed by atoms with Gasteiger partial charge in [0, 0.05) is 5.56 Å². The molecule has 1 saturated heterocycles. The van der Waals surface area contributed by atoms with Gasteiger partial charge in [0.25, 0.3) is 5.91 Å². The monoisotopic (exact) mass is 380 g/mol. The van der Waals surface area contributed by atoms with E-state index in [1.54, 1.807) is 31.4 Å². The van der Waals surface area contributed by atoms with Crippen molar-refractivity contribution in [1.82, 2.24) is 4.90 Å². The molecule has 0 radical (unpaired) electrons. The van der Waals surface area contributed by atoms with Crippen molar-refractivity contribution in [3.05, 3.63) is 28.7 Å². The fraction of sp³-hybridized carbons (Fsp3) is 0.353. The maximum absolute atomic E-state index is 12.5. The van der Waals surface area contributed by atoms with Crippen LogP contribution in [0.1, 0.15) is 25.8 Å². The Balaban J connectivity index is 2.39. The normalized spacial score (nSPS) is 17.1. The topological polar surface area (TPSA) is 78.9 Å². The van der Waals surface area contributed by atoms with Gasteiger partial charge in [-0.3, -0.25) is 9.69 Å². The van der Waals surface area contributed by atoms with Gasteiger partial charge in [-0.2, -0.15) is 0 Å². The summed E-state index contributed by atoms with van der Waals surface area (Å²) < 4.78 is 11.3. The molecule has 6 nitrogen and oxygen atoms in total. The lowest BCUT2D eigenvalue weighted by Gasteiger charge is -2.23. The number of hydrogen-bond acceptors (Lipinski definition) is 7. The van der Waals surface area contributed by atoms with Crippen LogP contribution in [0.4, 0.5) is 0 Å². The molecular formula is C17H18NO5S2-. The second-order valence-corrected chi connectivity index (χ2v) is 6.95. The van der Waals surface area contributed by atoms with E-state index in [9.17, 15) is 14.7 Å². The number of benzene rings is 1. The first-order chi connectivity index (χ1) is 11.9. The van der Waals surface area contributed by atoms with Gasteiger partial charge in [-0.1, -0.05) is 43.0 Å². The average Bonchev–Trinajstić information content (AvgIpc) is 2.86. The molecule has 25 heavy (non-hydrogen) atoms. The van der Waals surface area contributed by atoms with Crippen LogP contribution in [0.25, 0.3) is 6.08 Å². The van der Waals surface area contributed by atoms with Crippen molar-refractivity contribution in [1.29, 1.82) is 0 Å². The fourth-order valence-electron chi connectivity index (χ4n) is 2.23. The second-order valence-electron chi connectivity index (χ2n) is 5.27. The van der Waals surface area contributed by atoms with E-state index in [0.717, 1.165) is 23.1 Å². The Morgan fingerprint density at radius 3 is 2.80 bits per heavy atom. The summed E-state index contributed by atoms with van der Waals surface area (Å²) in [6.07, 6.45) is 2.46. The van der Waals surface area contributed by atoms with Crippen molar-refractivity contribution < 1.29 is 24.2 Å². The zero-order chi connectivity index (χ0) is 18.6. The molecule has 1 heterocycles. The molecule has 1 aromatic rings. The van der Waals surface area contributed by atoms with Gasteiger partial charge >= 0.3 is 0 Å². The fourth-order valence-corrected chi connectivity index (χ4v) is 3.64. The molecular weight excluding hydrogens is 362 g/mol.